The summed E-state index contributed by atoms with van der Waals surface area (Å²) in [5, 5.41) is 7.84. The molecule has 5 nitrogen and oxygen atoms in total. The fraction of sp³-hybridized carbons (Fsp3) is 0.571. The quantitative estimate of drug-likeness (QED) is 0.793. The summed E-state index contributed by atoms with van der Waals surface area (Å²) < 4.78 is 0. The van der Waals surface area contributed by atoms with Gasteiger partial charge < -0.3 is 10.6 Å². The molecule has 0 spiro atoms. The van der Waals surface area contributed by atoms with E-state index in [2.05, 4.69) is 10.6 Å². The highest BCUT2D eigenvalue weighted by molar-refractivity contribution is 7.10. The van der Waals surface area contributed by atoms with Crippen LogP contribution in [-0.4, -0.2) is 42.9 Å². The normalized spacial score (nSPS) is 15.9. The van der Waals surface area contributed by atoms with E-state index in [1.54, 1.807) is 23.3 Å². The van der Waals surface area contributed by atoms with Crippen LogP contribution in [0.15, 0.2) is 17.5 Å². The van der Waals surface area contributed by atoms with E-state index >= 15 is 0 Å². The van der Waals surface area contributed by atoms with E-state index in [9.17, 15) is 9.59 Å². The van der Waals surface area contributed by atoms with Crippen molar-refractivity contribution in [3.63, 3.8) is 0 Å². The maximum atomic E-state index is 11.9. The molecule has 2 amide bonds. The Bertz CT molecular complexity index is 457. The van der Waals surface area contributed by atoms with Crippen LogP contribution >= 0.6 is 11.3 Å². The largest absolute Gasteiger partial charge is 0.352 e. The van der Waals surface area contributed by atoms with Gasteiger partial charge in [0.05, 0.1) is 19.1 Å². The zero-order chi connectivity index (χ0) is 14.5. The van der Waals surface area contributed by atoms with Crippen molar-refractivity contribution < 1.29 is 9.59 Å². The van der Waals surface area contributed by atoms with E-state index in [1.165, 1.54) is 0 Å². The van der Waals surface area contributed by atoms with Crippen LogP contribution < -0.4 is 10.6 Å². The number of carbonyl (C=O) groups excluding carboxylic acids is 2. The Labute approximate surface area is 123 Å². The van der Waals surface area contributed by atoms with Crippen LogP contribution in [0.2, 0.25) is 0 Å². The van der Waals surface area contributed by atoms with E-state index in [0.29, 0.717) is 6.04 Å². The number of rotatable bonds is 7. The maximum Gasteiger partial charge on any atom is 0.234 e. The molecule has 20 heavy (non-hydrogen) atoms. The third kappa shape index (κ3) is 4.94. The predicted octanol–water partition coefficient (Wildman–Crippen LogP) is 1.14. The van der Waals surface area contributed by atoms with Crippen molar-refractivity contribution in [1.82, 2.24) is 15.5 Å². The first-order valence-electron chi connectivity index (χ1n) is 6.85. The third-order valence-electron chi connectivity index (χ3n) is 3.12. The summed E-state index contributed by atoms with van der Waals surface area (Å²) in [6.07, 6.45) is 2.16. The molecule has 0 aliphatic heterocycles. The predicted molar refractivity (Wildman–Crippen MR) is 79.5 cm³/mol. The Balaban J connectivity index is 1.68. The molecule has 1 aliphatic carbocycles. The smallest absolute Gasteiger partial charge is 0.234 e. The number of nitrogens with one attached hydrogen (secondary N) is 2. The molecule has 2 rings (SSSR count). The number of thiophene rings is 1. The van der Waals surface area contributed by atoms with Gasteiger partial charge in [-0.1, -0.05) is 6.07 Å². The van der Waals surface area contributed by atoms with Gasteiger partial charge >= 0.3 is 0 Å². The number of amides is 2. The molecule has 2 N–H and O–H groups in total. The summed E-state index contributed by atoms with van der Waals surface area (Å²) in [6, 6.07) is 4.35. The Morgan fingerprint density at radius 2 is 2.10 bits per heavy atom. The van der Waals surface area contributed by atoms with E-state index in [-0.39, 0.29) is 30.9 Å². The molecule has 1 heterocycles. The SMILES string of the molecule is C[C@@H](NC(=O)CN(C)CC(=O)NC1CC1)c1cccs1. The monoisotopic (exact) mass is 295 g/mol. The van der Waals surface area contributed by atoms with Gasteiger partial charge in [0.1, 0.15) is 0 Å². The van der Waals surface area contributed by atoms with E-state index in [4.69, 9.17) is 0 Å². The number of likely N-dealkylation sites (N-methyl/N-ethyl adjacent to an activating group) is 1. The average molecular weight is 295 g/mol. The van der Waals surface area contributed by atoms with E-state index in [0.717, 1.165) is 17.7 Å². The second kappa shape index (κ2) is 6.85. The number of nitrogens with zero attached hydrogens (tertiary/aromatic N) is 1. The zero-order valence-corrected chi connectivity index (χ0v) is 12.7. The van der Waals surface area contributed by atoms with Crippen LogP contribution in [0.1, 0.15) is 30.7 Å². The summed E-state index contributed by atoms with van der Waals surface area (Å²) in [4.78, 5) is 26.4. The Morgan fingerprint density at radius 1 is 1.40 bits per heavy atom. The van der Waals surface area contributed by atoms with Crippen LogP contribution in [0.5, 0.6) is 0 Å². The summed E-state index contributed by atoms with van der Waals surface area (Å²) in [5.41, 5.74) is 0. The molecule has 1 fully saturated rings. The lowest BCUT2D eigenvalue weighted by Gasteiger charge is -2.18. The molecule has 0 aromatic carbocycles. The molecular weight excluding hydrogens is 274 g/mol. The molecule has 0 radical (unpaired) electrons. The molecule has 0 bridgehead atoms. The first-order valence-corrected chi connectivity index (χ1v) is 7.73. The summed E-state index contributed by atoms with van der Waals surface area (Å²) in [6.45, 7) is 2.45. The molecule has 110 valence electrons. The van der Waals surface area contributed by atoms with E-state index < -0.39 is 0 Å². The minimum atomic E-state index is -0.0624. The van der Waals surface area contributed by atoms with Crippen molar-refractivity contribution >= 4 is 23.2 Å². The Kier molecular flexibility index (Phi) is 5.14. The molecule has 1 saturated carbocycles. The molecule has 1 aliphatic rings. The third-order valence-corrected chi connectivity index (χ3v) is 4.17. The lowest BCUT2D eigenvalue weighted by atomic mass is 10.2. The van der Waals surface area contributed by atoms with Crippen molar-refractivity contribution in [3.05, 3.63) is 22.4 Å². The topological polar surface area (TPSA) is 61.4 Å². The molecule has 1 atom stereocenters. The van der Waals surface area contributed by atoms with Crippen molar-refractivity contribution in [2.24, 2.45) is 0 Å². The van der Waals surface area contributed by atoms with Gasteiger partial charge in [-0.25, -0.2) is 0 Å². The number of hydrogen-bond acceptors (Lipinski definition) is 4. The Morgan fingerprint density at radius 3 is 2.70 bits per heavy atom. The molecule has 6 heteroatoms. The zero-order valence-electron chi connectivity index (χ0n) is 11.9. The molecular formula is C14H21N3O2S. The molecule has 0 saturated heterocycles. The van der Waals surface area contributed by atoms with Gasteiger partial charge in [0.15, 0.2) is 0 Å². The molecule has 0 unspecified atom stereocenters. The van der Waals surface area contributed by atoms with Crippen molar-refractivity contribution in [3.8, 4) is 0 Å². The number of carbonyl (C=O) groups is 2. The maximum absolute atomic E-state index is 11.9. The second-order valence-electron chi connectivity index (χ2n) is 5.32. The average Bonchev–Trinajstić information content (AvgIpc) is 2.99. The van der Waals surface area contributed by atoms with Crippen molar-refractivity contribution in [2.75, 3.05) is 20.1 Å². The van der Waals surface area contributed by atoms with Crippen LogP contribution in [0, 0.1) is 0 Å². The lowest BCUT2D eigenvalue weighted by molar-refractivity contribution is -0.124. The minimum absolute atomic E-state index is 0.00546. The summed E-state index contributed by atoms with van der Waals surface area (Å²) in [7, 11) is 1.78. The van der Waals surface area contributed by atoms with Crippen LogP contribution in [0.3, 0.4) is 0 Å². The van der Waals surface area contributed by atoms with Gasteiger partial charge in [0.2, 0.25) is 11.8 Å². The van der Waals surface area contributed by atoms with Crippen molar-refractivity contribution in [2.45, 2.75) is 31.8 Å². The van der Waals surface area contributed by atoms with Crippen LogP contribution in [-0.2, 0) is 9.59 Å². The second-order valence-corrected chi connectivity index (χ2v) is 6.30. The van der Waals surface area contributed by atoms with Gasteiger partial charge in [-0.3, -0.25) is 14.5 Å². The van der Waals surface area contributed by atoms with Gasteiger partial charge in [-0.2, -0.15) is 0 Å². The van der Waals surface area contributed by atoms with Gasteiger partial charge in [0.25, 0.3) is 0 Å². The fourth-order valence-corrected chi connectivity index (χ4v) is 2.68. The highest BCUT2D eigenvalue weighted by Gasteiger charge is 2.23. The number of hydrogen-bond donors (Lipinski definition) is 2. The minimum Gasteiger partial charge on any atom is -0.352 e. The van der Waals surface area contributed by atoms with Gasteiger partial charge in [0, 0.05) is 10.9 Å². The van der Waals surface area contributed by atoms with Gasteiger partial charge in [-0.15, -0.1) is 11.3 Å². The fourth-order valence-electron chi connectivity index (χ4n) is 1.94. The highest BCUT2D eigenvalue weighted by atomic mass is 32.1. The molecule has 1 aromatic heterocycles. The molecule has 1 aromatic rings. The Hall–Kier alpha value is -1.40. The summed E-state index contributed by atoms with van der Waals surface area (Å²) >= 11 is 1.62. The highest BCUT2D eigenvalue weighted by Crippen LogP contribution is 2.18. The first kappa shape index (κ1) is 15.0. The van der Waals surface area contributed by atoms with E-state index in [1.807, 2.05) is 24.4 Å². The van der Waals surface area contributed by atoms with Gasteiger partial charge in [-0.05, 0) is 38.3 Å². The van der Waals surface area contributed by atoms with Crippen molar-refractivity contribution in [1.29, 1.82) is 0 Å². The first-order chi connectivity index (χ1) is 9.54. The van der Waals surface area contributed by atoms with Crippen LogP contribution in [0.25, 0.3) is 0 Å². The van der Waals surface area contributed by atoms with Crippen LogP contribution in [0.4, 0.5) is 0 Å². The standard InChI is InChI=1S/C14H21N3O2S/c1-10(12-4-3-7-20-12)15-13(18)8-17(2)9-14(19)16-11-5-6-11/h3-4,7,10-11H,5-6,8-9H2,1-2H3,(H,15,18)(H,16,19)/t10-/m1/s1. The summed E-state index contributed by atoms with van der Waals surface area (Å²) in [5.74, 6) is -0.0678. The lowest BCUT2D eigenvalue weighted by Crippen LogP contribution is -2.41.